The lowest BCUT2D eigenvalue weighted by Crippen LogP contribution is -2.52. The summed E-state index contributed by atoms with van der Waals surface area (Å²) in [6, 6.07) is 11.1. The van der Waals surface area contributed by atoms with Gasteiger partial charge in [-0.05, 0) is 29.8 Å². The average Bonchev–Trinajstić information content (AvgIpc) is 3.23. The van der Waals surface area contributed by atoms with Crippen molar-refractivity contribution in [1.82, 2.24) is 15.1 Å². The second-order valence-electron chi connectivity index (χ2n) is 6.10. The molecule has 1 fully saturated rings. The number of furan rings is 1. The third kappa shape index (κ3) is 4.43. The van der Waals surface area contributed by atoms with Crippen LogP contribution >= 0.6 is 0 Å². The van der Waals surface area contributed by atoms with E-state index in [9.17, 15) is 9.59 Å². The lowest BCUT2D eigenvalue weighted by Gasteiger charge is -2.34. The van der Waals surface area contributed by atoms with Gasteiger partial charge in [-0.25, -0.2) is 0 Å². The molecule has 7 nitrogen and oxygen atoms in total. The van der Waals surface area contributed by atoms with Crippen molar-refractivity contribution in [2.24, 2.45) is 0 Å². The first-order valence-corrected chi connectivity index (χ1v) is 8.61. The highest BCUT2D eigenvalue weighted by Crippen LogP contribution is 2.11. The molecule has 0 bridgehead atoms. The molecule has 1 N–H and O–H groups in total. The maximum absolute atomic E-state index is 12.3. The van der Waals surface area contributed by atoms with Crippen molar-refractivity contribution in [3.8, 4) is 5.75 Å². The van der Waals surface area contributed by atoms with E-state index in [0.717, 1.165) is 11.3 Å². The van der Waals surface area contributed by atoms with Gasteiger partial charge in [0.25, 0.3) is 5.91 Å². The molecule has 0 spiro atoms. The summed E-state index contributed by atoms with van der Waals surface area (Å²) in [6.07, 6.45) is 1.49. The molecule has 1 aromatic carbocycles. The molecule has 0 radical (unpaired) electrons. The molecule has 1 aliphatic rings. The van der Waals surface area contributed by atoms with Gasteiger partial charge < -0.3 is 24.3 Å². The van der Waals surface area contributed by atoms with Crippen molar-refractivity contribution >= 4 is 11.8 Å². The third-order valence-corrected chi connectivity index (χ3v) is 4.42. The van der Waals surface area contributed by atoms with E-state index in [1.165, 1.54) is 6.26 Å². The van der Waals surface area contributed by atoms with Gasteiger partial charge >= 0.3 is 0 Å². The number of carbonyl (C=O) groups excluding carboxylic acids is 2. The van der Waals surface area contributed by atoms with Gasteiger partial charge in [0.1, 0.15) is 5.75 Å². The van der Waals surface area contributed by atoms with Crippen molar-refractivity contribution in [2.45, 2.75) is 6.54 Å². The number of amides is 2. The van der Waals surface area contributed by atoms with Crippen LogP contribution in [0.4, 0.5) is 0 Å². The van der Waals surface area contributed by atoms with Gasteiger partial charge in [-0.3, -0.25) is 9.59 Å². The van der Waals surface area contributed by atoms with Crippen molar-refractivity contribution in [3.63, 3.8) is 0 Å². The van der Waals surface area contributed by atoms with E-state index in [0.29, 0.717) is 38.5 Å². The van der Waals surface area contributed by atoms with E-state index >= 15 is 0 Å². The van der Waals surface area contributed by atoms with Gasteiger partial charge in [0, 0.05) is 32.7 Å². The van der Waals surface area contributed by atoms with Crippen molar-refractivity contribution in [1.29, 1.82) is 0 Å². The Morgan fingerprint density at radius 2 is 1.77 bits per heavy atom. The van der Waals surface area contributed by atoms with Crippen LogP contribution in [0.5, 0.6) is 5.75 Å². The summed E-state index contributed by atoms with van der Waals surface area (Å²) in [5, 5.41) is 3.17. The average molecular weight is 357 g/mol. The van der Waals surface area contributed by atoms with Gasteiger partial charge in [0.15, 0.2) is 5.76 Å². The zero-order valence-electron chi connectivity index (χ0n) is 14.8. The number of benzene rings is 1. The molecule has 7 heteroatoms. The van der Waals surface area contributed by atoms with E-state index in [1.807, 2.05) is 24.3 Å². The number of hydrogen-bond acceptors (Lipinski definition) is 5. The topological polar surface area (TPSA) is 75.0 Å². The van der Waals surface area contributed by atoms with Gasteiger partial charge in [-0.15, -0.1) is 0 Å². The van der Waals surface area contributed by atoms with Gasteiger partial charge in [0.05, 0.1) is 19.9 Å². The number of piperazine rings is 1. The quantitative estimate of drug-likeness (QED) is 0.845. The van der Waals surface area contributed by atoms with Crippen LogP contribution in [0, 0.1) is 0 Å². The Morgan fingerprint density at radius 3 is 2.38 bits per heavy atom. The minimum Gasteiger partial charge on any atom is -0.497 e. The SMILES string of the molecule is COc1ccc(CNCC(=O)N2CCN(C(=O)c3ccco3)CC2)cc1. The molecule has 0 unspecified atom stereocenters. The lowest BCUT2D eigenvalue weighted by molar-refractivity contribution is -0.131. The molecule has 26 heavy (non-hydrogen) atoms. The summed E-state index contributed by atoms with van der Waals surface area (Å²) in [5.74, 6) is 1.07. The first-order valence-electron chi connectivity index (χ1n) is 8.61. The summed E-state index contributed by atoms with van der Waals surface area (Å²) >= 11 is 0. The van der Waals surface area contributed by atoms with Crippen LogP contribution in [0.1, 0.15) is 16.1 Å². The molecule has 0 saturated carbocycles. The Balaban J connectivity index is 1.40. The molecule has 2 aromatic rings. The summed E-state index contributed by atoms with van der Waals surface area (Å²) in [6.45, 7) is 3.00. The lowest BCUT2D eigenvalue weighted by atomic mass is 10.2. The summed E-state index contributed by atoms with van der Waals surface area (Å²) in [5.41, 5.74) is 1.09. The van der Waals surface area contributed by atoms with Crippen molar-refractivity contribution in [3.05, 3.63) is 54.0 Å². The largest absolute Gasteiger partial charge is 0.497 e. The van der Waals surface area contributed by atoms with Gasteiger partial charge in [0.2, 0.25) is 5.91 Å². The summed E-state index contributed by atoms with van der Waals surface area (Å²) in [4.78, 5) is 28.0. The van der Waals surface area contributed by atoms with E-state index in [4.69, 9.17) is 9.15 Å². The maximum atomic E-state index is 12.3. The number of hydrogen-bond donors (Lipinski definition) is 1. The standard InChI is InChI=1S/C19H23N3O4/c1-25-16-6-4-15(5-7-16)13-20-14-18(23)21-8-10-22(11-9-21)19(24)17-3-2-12-26-17/h2-7,12,20H,8-11,13-14H2,1H3. The Morgan fingerprint density at radius 1 is 1.08 bits per heavy atom. The van der Waals surface area contributed by atoms with Crippen LogP contribution in [0.25, 0.3) is 0 Å². The van der Waals surface area contributed by atoms with E-state index < -0.39 is 0 Å². The zero-order chi connectivity index (χ0) is 18.4. The smallest absolute Gasteiger partial charge is 0.289 e. The predicted molar refractivity (Wildman–Crippen MR) is 95.9 cm³/mol. The number of rotatable bonds is 6. The highest BCUT2D eigenvalue weighted by Gasteiger charge is 2.25. The van der Waals surface area contributed by atoms with E-state index in [1.54, 1.807) is 29.0 Å². The van der Waals surface area contributed by atoms with Crippen LogP contribution in [-0.2, 0) is 11.3 Å². The fourth-order valence-corrected chi connectivity index (χ4v) is 2.88. The molecular formula is C19H23N3O4. The Kier molecular flexibility index (Phi) is 5.91. The fraction of sp³-hybridized carbons (Fsp3) is 0.368. The first kappa shape index (κ1) is 18.0. The molecule has 1 aromatic heterocycles. The molecule has 1 aliphatic heterocycles. The second kappa shape index (κ2) is 8.53. The Labute approximate surface area is 152 Å². The molecule has 0 aliphatic carbocycles. The van der Waals surface area contributed by atoms with Crippen LogP contribution in [0.2, 0.25) is 0 Å². The normalized spacial score (nSPS) is 14.3. The fourth-order valence-electron chi connectivity index (χ4n) is 2.88. The molecule has 3 rings (SSSR count). The van der Waals surface area contributed by atoms with Crippen molar-refractivity contribution in [2.75, 3.05) is 39.8 Å². The van der Waals surface area contributed by atoms with Crippen molar-refractivity contribution < 1.29 is 18.7 Å². The first-order chi connectivity index (χ1) is 12.7. The number of nitrogens with zero attached hydrogens (tertiary/aromatic N) is 2. The van der Waals surface area contributed by atoms with Crippen LogP contribution in [0.3, 0.4) is 0 Å². The molecule has 138 valence electrons. The number of ether oxygens (including phenoxy) is 1. The van der Waals surface area contributed by atoms with Gasteiger partial charge in [-0.2, -0.15) is 0 Å². The predicted octanol–water partition coefficient (Wildman–Crippen LogP) is 1.36. The summed E-state index contributed by atoms with van der Waals surface area (Å²) < 4.78 is 10.3. The second-order valence-corrected chi connectivity index (χ2v) is 6.10. The minimum atomic E-state index is -0.125. The molecular weight excluding hydrogens is 334 g/mol. The molecule has 2 heterocycles. The minimum absolute atomic E-state index is 0.0450. The van der Waals surface area contributed by atoms with Crippen LogP contribution < -0.4 is 10.1 Å². The Bertz CT molecular complexity index is 720. The van der Waals surface area contributed by atoms with E-state index in [2.05, 4.69) is 5.32 Å². The monoisotopic (exact) mass is 357 g/mol. The Hall–Kier alpha value is -2.80. The van der Waals surface area contributed by atoms with Gasteiger partial charge in [-0.1, -0.05) is 12.1 Å². The highest BCUT2D eigenvalue weighted by molar-refractivity contribution is 5.91. The highest BCUT2D eigenvalue weighted by atomic mass is 16.5. The number of carbonyl (C=O) groups is 2. The third-order valence-electron chi connectivity index (χ3n) is 4.42. The van der Waals surface area contributed by atoms with Crippen LogP contribution in [-0.4, -0.2) is 61.4 Å². The van der Waals surface area contributed by atoms with Crippen LogP contribution in [0.15, 0.2) is 47.1 Å². The number of methoxy groups -OCH3 is 1. The number of nitrogens with one attached hydrogen (secondary N) is 1. The van der Waals surface area contributed by atoms with E-state index in [-0.39, 0.29) is 18.4 Å². The molecule has 2 amide bonds. The molecule has 1 saturated heterocycles. The zero-order valence-corrected chi connectivity index (χ0v) is 14.8. The maximum Gasteiger partial charge on any atom is 0.289 e. The summed E-state index contributed by atoms with van der Waals surface area (Å²) in [7, 11) is 1.63. The molecule has 0 atom stereocenters.